The lowest BCUT2D eigenvalue weighted by molar-refractivity contribution is -0.0785. The number of likely N-dealkylation sites (tertiary alicyclic amines) is 1. The molecule has 3 aromatic rings. The smallest absolute Gasteiger partial charge is 0.131 e. The summed E-state index contributed by atoms with van der Waals surface area (Å²) in [5, 5.41) is 0.783. The summed E-state index contributed by atoms with van der Waals surface area (Å²) < 4.78 is 23.6. The van der Waals surface area contributed by atoms with Crippen LogP contribution in [0.1, 0.15) is 47.2 Å². The molecule has 1 aromatic heterocycles. The van der Waals surface area contributed by atoms with Crippen molar-refractivity contribution in [1.29, 1.82) is 0 Å². The Balaban J connectivity index is 1.18. The van der Waals surface area contributed by atoms with E-state index < -0.39 is 0 Å². The zero-order valence-electron chi connectivity index (χ0n) is 21.7. The number of piperidine rings is 1. The second-order valence-corrected chi connectivity index (χ2v) is 10.6. The normalized spacial score (nSPS) is 18.9. The van der Waals surface area contributed by atoms with E-state index in [0.29, 0.717) is 26.4 Å². The minimum atomic E-state index is -0.156. The maximum Gasteiger partial charge on any atom is 0.131 e. The first-order chi connectivity index (χ1) is 18.6. The molecule has 1 spiro atoms. The first-order valence-electron chi connectivity index (χ1n) is 13.3. The molecule has 0 radical (unpaired) electrons. The number of nitrogens with zero attached hydrogens (tertiary/aromatic N) is 2. The van der Waals surface area contributed by atoms with Crippen LogP contribution in [0.4, 0.5) is 0 Å². The van der Waals surface area contributed by atoms with Crippen LogP contribution in [0.2, 0.25) is 5.02 Å². The highest BCUT2D eigenvalue weighted by Gasteiger charge is 2.42. The zero-order chi connectivity index (χ0) is 26.0. The lowest BCUT2D eigenvalue weighted by Crippen LogP contribution is -2.42. The summed E-state index contributed by atoms with van der Waals surface area (Å²) in [6.07, 6.45) is 7.10. The molecule has 4 heterocycles. The van der Waals surface area contributed by atoms with Crippen molar-refractivity contribution in [2.24, 2.45) is 0 Å². The number of ether oxygens (including phenoxy) is 4. The molecule has 0 unspecified atom stereocenters. The van der Waals surface area contributed by atoms with Crippen LogP contribution >= 0.6 is 11.6 Å². The molecule has 1 saturated heterocycles. The number of halogens is 1. The van der Waals surface area contributed by atoms with Gasteiger partial charge in [0.05, 0.1) is 24.5 Å². The third kappa shape index (κ3) is 5.06. The van der Waals surface area contributed by atoms with Crippen LogP contribution in [-0.2, 0) is 28.3 Å². The van der Waals surface area contributed by atoms with Gasteiger partial charge in [-0.25, -0.2) is 0 Å². The summed E-state index contributed by atoms with van der Waals surface area (Å²) in [5.41, 5.74) is 6.67. The lowest BCUT2D eigenvalue weighted by atomic mass is 9.84. The average molecular weight is 533 g/mol. The second kappa shape index (κ2) is 11.1. The van der Waals surface area contributed by atoms with Crippen LogP contribution in [0.3, 0.4) is 0 Å². The Morgan fingerprint density at radius 1 is 1.05 bits per heavy atom. The van der Waals surface area contributed by atoms with E-state index in [4.69, 9.17) is 30.5 Å². The van der Waals surface area contributed by atoms with Gasteiger partial charge in [0.2, 0.25) is 0 Å². The highest BCUT2D eigenvalue weighted by atomic mass is 35.5. The van der Waals surface area contributed by atoms with Crippen molar-refractivity contribution in [3.8, 4) is 11.5 Å². The Morgan fingerprint density at radius 3 is 2.82 bits per heavy atom. The van der Waals surface area contributed by atoms with Crippen LogP contribution in [-0.4, -0.2) is 49.8 Å². The van der Waals surface area contributed by atoms with Crippen molar-refractivity contribution >= 4 is 17.2 Å². The predicted molar refractivity (Wildman–Crippen MR) is 148 cm³/mol. The minimum absolute atomic E-state index is 0.156. The fraction of sp³-hybridized carbons (Fsp3) is 0.387. The molecule has 3 aliphatic rings. The molecule has 1 fully saturated rings. The molecule has 0 aliphatic carbocycles. The topological polar surface area (TPSA) is 53.1 Å². The van der Waals surface area contributed by atoms with E-state index in [2.05, 4.69) is 40.2 Å². The van der Waals surface area contributed by atoms with Gasteiger partial charge in [-0.05, 0) is 72.4 Å². The van der Waals surface area contributed by atoms with Gasteiger partial charge in [0.25, 0.3) is 0 Å². The fourth-order valence-electron chi connectivity index (χ4n) is 5.85. The molecule has 7 heteroatoms. The number of pyridine rings is 1. The van der Waals surface area contributed by atoms with Gasteiger partial charge in [-0.3, -0.25) is 4.98 Å². The van der Waals surface area contributed by atoms with Gasteiger partial charge in [-0.2, -0.15) is 0 Å². The minimum Gasteiger partial charge on any atom is -0.491 e. The van der Waals surface area contributed by atoms with E-state index in [1.54, 1.807) is 7.11 Å². The third-order valence-electron chi connectivity index (χ3n) is 7.86. The summed E-state index contributed by atoms with van der Waals surface area (Å²) in [4.78, 5) is 7.16. The number of hydrogen-bond donors (Lipinski definition) is 0. The zero-order valence-corrected chi connectivity index (χ0v) is 22.5. The second-order valence-electron chi connectivity index (χ2n) is 10.1. The van der Waals surface area contributed by atoms with E-state index in [0.717, 1.165) is 77.8 Å². The van der Waals surface area contributed by atoms with Gasteiger partial charge in [0.15, 0.2) is 0 Å². The van der Waals surface area contributed by atoms with Crippen molar-refractivity contribution in [3.05, 3.63) is 93.8 Å². The highest BCUT2D eigenvalue weighted by Crippen LogP contribution is 2.45. The van der Waals surface area contributed by atoms with Crippen molar-refractivity contribution < 1.29 is 18.9 Å². The van der Waals surface area contributed by atoms with Crippen LogP contribution in [0.15, 0.2) is 60.8 Å². The van der Waals surface area contributed by atoms with Gasteiger partial charge >= 0.3 is 0 Å². The predicted octanol–water partition coefficient (Wildman–Crippen LogP) is 6.00. The van der Waals surface area contributed by atoms with Gasteiger partial charge in [-0.15, -0.1) is 0 Å². The number of methoxy groups -OCH3 is 1. The fourth-order valence-corrected chi connectivity index (χ4v) is 6.04. The first kappa shape index (κ1) is 25.4. The molecule has 2 aromatic carbocycles. The van der Waals surface area contributed by atoms with Crippen LogP contribution in [0.5, 0.6) is 11.5 Å². The largest absolute Gasteiger partial charge is 0.491 e. The maximum absolute atomic E-state index is 6.36. The molecule has 3 aliphatic heterocycles. The van der Waals surface area contributed by atoms with Gasteiger partial charge < -0.3 is 23.8 Å². The molecular formula is C31H33ClN2O4. The highest BCUT2D eigenvalue weighted by molar-refractivity contribution is 6.30. The number of aromatic nitrogens is 1. The molecule has 6 rings (SSSR count). The van der Waals surface area contributed by atoms with Gasteiger partial charge in [0, 0.05) is 49.1 Å². The molecule has 198 valence electrons. The molecule has 6 nitrogen and oxygen atoms in total. The van der Waals surface area contributed by atoms with E-state index in [1.165, 1.54) is 11.1 Å². The third-order valence-corrected chi connectivity index (χ3v) is 8.10. The maximum atomic E-state index is 6.36. The van der Waals surface area contributed by atoms with Crippen molar-refractivity contribution in [2.45, 2.75) is 38.1 Å². The Kier molecular flexibility index (Phi) is 7.39. The summed E-state index contributed by atoms with van der Waals surface area (Å²) in [5.74, 6) is 1.66. The molecule has 0 atom stereocenters. The molecule has 0 amide bonds. The van der Waals surface area contributed by atoms with Crippen molar-refractivity contribution in [1.82, 2.24) is 9.88 Å². The summed E-state index contributed by atoms with van der Waals surface area (Å²) >= 11 is 6.21. The Hall–Kier alpha value is -2.90. The Morgan fingerprint density at radius 2 is 1.95 bits per heavy atom. The van der Waals surface area contributed by atoms with Crippen LogP contribution < -0.4 is 9.47 Å². The molecule has 0 bridgehead atoms. The average Bonchev–Trinajstić information content (AvgIpc) is 3.20. The SMILES string of the molecule is COCCOc1ccc2c(c1)C(=CCCN1CCC3(CC1)OCc1cc(Cl)ccc13)c1cccnc1CO2. The Labute approximate surface area is 229 Å². The Bertz CT molecular complexity index is 1330. The van der Waals surface area contributed by atoms with E-state index in [1.807, 2.05) is 30.5 Å². The standard InChI is InChI=1S/C31H33ClN2O4/c1-35-16-17-36-24-7-9-30-27(19-24)25(26-4-2-12-33-29(26)21-37-30)5-3-13-34-14-10-31(11-15-34)28-8-6-23(32)18-22(28)20-38-31/h2,4-9,12,18-19H,3,10-11,13-17,20-21H2,1H3. The van der Waals surface area contributed by atoms with Gasteiger partial charge in [-0.1, -0.05) is 29.8 Å². The number of rotatable bonds is 7. The molecule has 0 N–H and O–H groups in total. The molecular weight excluding hydrogens is 500 g/mol. The van der Waals surface area contributed by atoms with E-state index in [9.17, 15) is 0 Å². The summed E-state index contributed by atoms with van der Waals surface area (Å²) in [7, 11) is 1.68. The summed E-state index contributed by atoms with van der Waals surface area (Å²) in [6, 6.07) is 16.4. The van der Waals surface area contributed by atoms with Crippen molar-refractivity contribution in [3.63, 3.8) is 0 Å². The first-order valence-corrected chi connectivity index (χ1v) is 13.7. The van der Waals surface area contributed by atoms with Gasteiger partial charge in [0.1, 0.15) is 24.7 Å². The number of benzene rings is 2. The summed E-state index contributed by atoms with van der Waals surface area (Å²) in [6.45, 7) is 5.18. The monoisotopic (exact) mass is 532 g/mol. The quantitative estimate of drug-likeness (QED) is 0.348. The number of hydrogen-bond acceptors (Lipinski definition) is 6. The van der Waals surface area contributed by atoms with Crippen LogP contribution in [0, 0.1) is 0 Å². The molecule has 38 heavy (non-hydrogen) atoms. The van der Waals surface area contributed by atoms with Crippen LogP contribution in [0.25, 0.3) is 5.57 Å². The molecule has 0 saturated carbocycles. The van der Waals surface area contributed by atoms with E-state index >= 15 is 0 Å². The van der Waals surface area contributed by atoms with E-state index in [-0.39, 0.29) is 5.60 Å². The van der Waals surface area contributed by atoms with Crippen molar-refractivity contribution in [2.75, 3.05) is 40.0 Å². The lowest BCUT2D eigenvalue weighted by Gasteiger charge is -2.39. The number of fused-ring (bicyclic) bond motifs is 4.